The van der Waals surface area contributed by atoms with Gasteiger partial charge in [-0.1, -0.05) is 55.5 Å². The van der Waals surface area contributed by atoms with Gasteiger partial charge in [-0.2, -0.15) is 0 Å². The van der Waals surface area contributed by atoms with Crippen LogP contribution >= 0.6 is 0 Å². The smallest absolute Gasteiger partial charge is 0.338 e. The first kappa shape index (κ1) is 15.3. The fourth-order valence-corrected chi connectivity index (χ4v) is 2.21. The molecule has 2 rings (SSSR count). The topological polar surface area (TPSA) is 26.3 Å². The quantitative estimate of drug-likeness (QED) is 0.699. The van der Waals surface area contributed by atoms with Crippen molar-refractivity contribution in [2.45, 2.75) is 26.2 Å². The fourth-order valence-electron chi connectivity index (χ4n) is 2.21. The summed E-state index contributed by atoms with van der Waals surface area (Å²) in [6, 6.07) is 19.6. The molecule has 0 unspecified atom stereocenters. The molecule has 2 heteroatoms. The summed E-state index contributed by atoms with van der Waals surface area (Å²) in [6.07, 6.45) is 3.10. The predicted octanol–water partition coefficient (Wildman–Crippen LogP) is 4.50. The number of hydrogen-bond donors (Lipinski definition) is 0. The highest BCUT2D eigenvalue weighted by Gasteiger charge is 2.08. The Kier molecular flexibility index (Phi) is 6.01. The minimum Gasteiger partial charge on any atom is -0.462 e. The van der Waals surface area contributed by atoms with Crippen molar-refractivity contribution in [3.8, 4) is 0 Å². The van der Waals surface area contributed by atoms with Crippen LogP contribution in [-0.2, 0) is 11.2 Å². The summed E-state index contributed by atoms with van der Waals surface area (Å²) in [7, 11) is 0. The molecule has 0 saturated heterocycles. The first-order valence-corrected chi connectivity index (χ1v) is 7.52. The maximum atomic E-state index is 11.8. The molecule has 0 spiro atoms. The average Bonchev–Trinajstić information content (AvgIpc) is 2.54. The highest BCUT2D eigenvalue weighted by Crippen LogP contribution is 2.13. The van der Waals surface area contributed by atoms with Gasteiger partial charge in [0.05, 0.1) is 12.2 Å². The van der Waals surface area contributed by atoms with Crippen molar-refractivity contribution in [3.63, 3.8) is 0 Å². The van der Waals surface area contributed by atoms with Crippen molar-refractivity contribution >= 4 is 5.97 Å². The van der Waals surface area contributed by atoms with E-state index in [1.54, 1.807) is 12.1 Å². The van der Waals surface area contributed by atoms with Crippen LogP contribution in [0.2, 0.25) is 0 Å². The first-order valence-electron chi connectivity index (χ1n) is 7.52. The van der Waals surface area contributed by atoms with E-state index in [1.165, 1.54) is 5.56 Å². The summed E-state index contributed by atoms with van der Waals surface area (Å²) in [5, 5.41) is 0. The molecular weight excluding hydrogens is 260 g/mol. The summed E-state index contributed by atoms with van der Waals surface area (Å²) < 4.78 is 5.31. The number of ether oxygens (including phenoxy) is 1. The van der Waals surface area contributed by atoms with Crippen molar-refractivity contribution in [2.24, 2.45) is 5.92 Å². The van der Waals surface area contributed by atoms with Gasteiger partial charge in [-0.3, -0.25) is 0 Å². The van der Waals surface area contributed by atoms with E-state index in [1.807, 2.05) is 24.3 Å². The molecule has 2 nitrogen and oxygen atoms in total. The van der Waals surface area contributed by atoms with E-state index < -0.39 is 0 Å². The van der Waals surface area contributed by atoms with Crippen molar-refractivity contribution in [1.82, 2.24) is 0 Å². The van der Waals surface area contributed by atoms with E-state index in [4.69, 9.17) is 4.74 Å². The van der Waals surface area contributed by atoms with E-state index >= 15 is 0 Å². The molecule has 0 aliphatic rings. The van der Waals surface area contributed by atoms with Gasteiger partial charge in [-0.05, 0) is 42.9 Å². The van der Waals surface area contributed by atoms with Gasteiger partial charge >= 0.3 is 5.97 Å². The van der Waals surface area contributed by atoms with Crippen LogP contribution in [0.3, 0.4) is 0 Å². The van der Waals surface area contributed by atoms with Gasteiger partial charge in [0.2, 0.25) is 0 Å². The second-order valence-corrected chi connectivity index (χ2v) is 5.42. The number of esters is 1. The Morgan fingerprint density at radius 2 is 1.57 bits per heavy atom. The third-order valence-electron chi connectivity index (χ3n) is 3.62. The van der Waals surface area contributed by atoms with Gasteiger partial charge in [0.15, 0.2) is 0 Å². The molecule has 1 atom stereocenters. The molecule has 21 heavy (non-hydrogen) atoms. The largest absolute Gasteiger partial charge is 0.462 e. The molecular formula is C19H22O2. The fraction of sp³-hybridized carbons (Fsp3) is 0.316. The summed E-state index contributed by atoms with van der Waals surface area (Å²) in [4.78, 5) is 11.8. The Bertz CT molecular complexity index is 534. The molecule has 0 bridgehead atoms. The van der Waals surface area contributed by atoms with E-state index in [0.29, 0.717) is 18.1 Å². The maximum absolute atomic E-state index is 11.8. The lowest BCUT2D eigenvalue weighted by molar-refractivity contribution is 0.0484. The molecule has 110 valence electrons. The number of carbonyl (C=O) groups is 1. The number of benzene rings is 2. The lowest BCUT2D eigenvalue weighted by Crippen LogP contribution is -2.09. The third kappa shape index (κ3) is 5.42. The Labute approximate surface area is 126 Å². The normalized spacial score (nSPS) is 11.9. The van der Waals surface area contributed by atoms with Gasteiger partial charge < -0.3 is 4.74 Å². The molecule has 0 heterocycles. The predicted molar refractivity (Wildman–Crippen MR) is 85.3 cm³/mol. The average molecular weight is 282 g/mol. The van der Waals surface area contributed by atoms with Gasteiger partial charge in [0, 0.05) is 0 Å². The van der Waals surface area contributed by atoms with E-state index in [-0.39, 0.29) is 5.97 Å². The minimum atomic E-state index is -0.231. The SMILES string of the molecule is C[C@@H](CCOC(=O)c1ccccc1)CCc1ccccc1. The van der Waals surface area contributed by atoms with Crippen LogP contribution in [0, 0.1) is 5.92 Å². The molecule has 0 aromatic heterocycles. The maximum Gasteiger partial charge on any atom is 0.338 e. The third-order valence-corrected chi connectivity index (χ3v) is 3.62. The highest BCUT2D eigenvalue weighted by molar-refractivity contribution is 5.89. The summed E-state index contributed by atoms with van der Waals surface area (Å²) >= 11 is 0. The van der Waals surface area contributed by atoms with Crippen LogP contribution in [0.5, 0.6) is 0 Å². The van der Waals surface area contributed by atoms with Crippen molar-refractivity contribution in [3.05, 3.63) is 71.8 Å². The number of carbonyl (C=O) groups excluding carboxylic acids is 1. The standard InChI is InChI=1S/C19H22O2/c1-16(12-13-17-8-4-2-5-9-17)14-15-21-19(20)18-10-6-3-7-11-18/h2-11,16H,12-15H2,1H3/t16-/m1/s1. The van der Waals surface area contributed by atoms with Crippen LogP contribution in [0.25, 0.3) is 0 Å². The van der Waals surface area contributed by atoms with Crippen molar-refractivity contribution < 1.29 is 9.53 Å². The van der Waals surface area contributed by atoms with Gasteiger partial charge in [-0.25, -0.2) is 4.79 Å². The molecule has 0 saturated carbocycles. The molecule has 0 aliphatic heterocycles. The van der Waals surface area contributed by atoms with E-state index in [2.05, 4.69) is 31.2 Å². The van der Waals surface area contributed by atoms with Crippen LogP contribution in [0.1, 0.15) is 35.7 Å². The summed E-state index contributed by atoms with van der Waals surface area (Å²) in [6.45, 7) is 2.70. The zero-order chi connectivity index (χ0) is 14.9. The second kappa shape index (κ2) is 8.25. The van der Waals surface area contributed by atoms with Gasteiger partial charge in [-0.15, -0.1) is 0 Å². The summed E-state index contributed by atoms with van der Waals surface area (Å²) in [5.74, 6) is 0.319. The Morgan fingerprint density at radius 1 is 0.952 bits per heavy atom. The molecule has 2 aromatic rings. The summed E-state index contributed by atoms with van der Waals surface area (Å²) in [5.41, 5.74) is 1.99. The molecule has 0 fully saturated rings. The molecule has 0 amide bonds. The van der Waals surface area contributed by atoms with Crippen molar-refractivity contribution in [1.29, 1.82) is 0 Å². The van der Waals surface area contributed by atoms with Crippen LogP contribution in [-0.4, -0.2) is 12.6 Å². The van der Waals surface area contributed by atoms with E-state index in [0.717, 1.165) is 19.3 Å². The van der Waals surface area contributed by atoms with Crippen LogP contribution < -0.4 is 0 Å². The van der Waals surface area contributed by atoms with Crippen LogP contribution in [0.15, 0.2) is 60.7 Å². The molecule has 0 radical (unpaired) electrons. The molecule has 0 aliphatic carbocycles. The zero-order valence-electron chi connectivity index (χ0n) is 12.5. The second-order valence-electron chi connectivity index (χ2n) is 5.42. The molecule has 2 aromatic carbocycles. The number of aryl methyl sites for hydroxylation is 1. The Hall–Kier alpha value is -2.09. The molecule has 0 N–H and O–H groups in total. The van der Waals surface area contributed by atoms with Gasteiger partial charge in [0.1, 0.15) is 0 Å². The first-order chi connectivity index (χ1) is 10.3. The zero-order valence-corrected chi connectivity index (χ0v) is 12.5. The highest BCUT2D eigenvalue weighted by atomic mass is 16.5. The number of hydrogen-bond acceptors (Lipinski definition) is 2. The minimum absolute atomic E-state index is 0.231. The van der Waals surface area contributed by atoms with Gasteiger partial charge in [0.25, 0.3) is 0 Å². The van der Waals surface area contributed by atoms with Crippen molar-refractivity contribution in [2.75, 3.05) is 6.61 Å². The Morgan fingerprint density at radius 3 is 2.24 bits per heavy atom. The lowest BCUT2D eigenvalue weighted by atomic mass is 9.99. The monoisotopic (exact) mass is 282 g/mol. The van der Waals surface area contributed by atoms with E-state index in [9.17, 15) is 4.79 Å². The lowest BCUT2D eigenvalue weighted by Gasteiger charge is -2.11. The Balaban J connectivity index is 1.65. The van der Waals surface area contributed by atoms with Crippen LogP contribution in [0.4, 0.5) is 0 Å². The number of rotatable bonds is 7.